The Morgan fingerprint density at radius 1 is 1.40 bits per heavy atom. The Morgan fingerprint density at radius 3 is 2.80 bits per heavy atom. The maximum atomic E-state index is 12.6. The van der Waals surface area contributed by atoms with Crippen LogP contribution in [0.4, 0.5) is 0 Å². The molecule has 2 aromatic heterocycles. The van der Waals surface area contributed by atoms with Gasteiger partial charge in [-0.2, -0.15) is 0 Å². The molecular formula is C18H26N4O2S. The topological polar surface area (TPSA) is 79.8 Å². The van der Waals surface area contributed by atoms with Crippen molar-refractivity contribution in [1.82, 2.24) is 19.9 Å². The van der Waals surface area contributed by atoms with Gasteiger partial charge in [-0.05, 0) is 51.5 Å². The van der Waals surface area contributed by atoms with E-state index in [1.54, 1.807) is 4.57 Å². The summed E-state index contributed by atoms with van der Waals surface area (Å²) in [6.45, 7) is 6.62. The average Bonchev–Trinajstić information content (AvgIpc) is 2.96. The number of aromatic nitrogens is 3. The lowest BCUT2D eigenvalue weighted by molar-refractivity contribution is -0.119. The van der Waals surface area contributed by atoms with Gasteiger partial charge in [0.15, 0.2) is 5.16 Å². The number of thioether (sulfide) groups is 1. The van der Waals surface area contributed by atoms with Gasteiger partial charge in [0.25, 0.3) is 5.56 Å². The Hall–Kier alpha value is -1.76. The molecule has 136 valence electrons. The highest BCUT2D eigenvalue weighted by Crippen LogP contribution is 2.24. The van der Waals surface area contributed by atoms with Crippen LogP contribution in [0.5, 0.6) is 0 Å². The summed E-state index contributed by atoms with van der Waals surface area (Å²) < 4.78 is 1.62. The predicted octanol–water partition coefficient (Wildman–Crippen LogP) is 2.84. The quantitative estimate of drug-likeness (QED) is 0.633. The standard InChI is InChI=1S/C18H26N4O2S/c1-4-22-17(24)16-14(9-12(3)19-16)21-18(22)25-10-15(23)20-13-7-5-11(2)6-8-13/h9,11,13,19H,4-8,10H2,1-3H3,(H,20,23). The number of aryl methyl sites for hydroxylation is 1. The lowest BCUT2D eigenvalue weighted by atomic mass is 9.87. The predicted molar refractivity (Wildman–Crippen MR) is 101 cm³/mol. The second-order valence-electron chi connectivity index (χ2n) is 6.97. The van der Waals surface area contributed by atoms with E-state index in [4.69, 9.17) is 0 Å². The number of rotatable bonds is 5. The van der Waals surface area contributed by atoms with E-state index >= 15 is 0 Å². The number of carbonyl (C=O) groups excluding carboxylic acids is 1. The van der Waals surface area contributed by atoms with E-state index in [1.807, 2.05) is 19.9 Å². The van der Waals surface area contributed by atoms with E-state index in [2.05, 4.69) is 22.2 Å². The van der Waals surface area contributed by atoms with Gasteiger partial charge in [-0.1, -0.05) is 18.7 Å². The number of amides is 1. The van der Waals surface area contributed by atoms with Crippen LogP contribution in [-0.2, 0) is 11.3 Å². The summed E-state index contributed by atoms with van der Waals surface area (Å²) >= 11 is 1.33. The first-order valence-corrected chi connectivity index (χ1v) is 9.98. The molecule has 0 aliphatic heterocycles. The molecule has 2 heterocycles. The molecule has 1 aliphatic rings. The van der Waals surface area contributed by atoms with Gasteiger partial charge in [0, 0.05) is 18.3 Å². The molecule has 3 rings (SSSR count). The van der Waals surface area contributed by atoms with Crippen molar-refractivity contribution in [2.75, 3.05) is 5.75 Å². The minimum absolute atomic E-state index is 0.0202. The summed E-state index contributed by atoms with van der Waals surface area (Å²) in [5.41, 5.74) is 2.03. The van der Waals surface area contributed by atoms with Crippen molar-refractivity contribution in [2.45, 2.75) is 64.2 Å². The van der Waals surface area contributed by atoms with Gasteiger partial charge < -0.3 is 10.3 Å². The Balaban J connectivity index is 1.68. The molecule has 0 atom stereocenters. The lowest BCUT2D eigenvalue weighted by Crippen LogP contribution is -2.38. The van der Waals surface area contributed by atoms with E-state index in [9.17, 15) is 9.59 Å². The fourth-order valence-corrected chi connectivity index (χ4v) is 4.28. The second kappa shape index (κ2) is 7.64. The molecule has 1 saturated carbocycles. The molecule has 2 aromatic rings. The van der Waals surface area contributed by atoms with E-state index in [0.29, 0.717) is 28.8 Å². The number of H-pyrrole nitrogens is 1. The fraction of sp³-hybridized carbons (Fsp3) is 0.611. The summed E-state index contributed by atoms with van der Waals surface area (Å²) in [6, 6.07) is 2.16. The number of carbonyl (C=O) groups is 1. The van der Waals surface area contributed by atoms with Crippen LogP contribution < -0.4 is 10.9 Å². The van der Waals surface area contributed by atoms with Gasteiger partial charge in [-0.15, -0.1) is 0 Å². The first kappa shape index (κ1) is 18.0. The Bertz CT molecular complexity index is 818. The number of nitrogens with zero attached hydrogens (tertiary/aromatic N) is 2. The Kier molecular flexibility index (Phi) is 5.51. The SMILES string of the molecule is CCn1c(SCC(=O)NC2CCC(C)CC2)nc2cc(C)[nH]c2c1=O. The summed E-state index contributed by atoms with van der Waals surface area (Å²) in [5, 5.41) is 3.73. The normalized spacial score (nSPS) is 20.8. The summed E-state index contributed by atoms with van der Waals surface area (Å²) in [7, 11) is 0. The van der Waals surface area contributed by atoms with Crippen LogP contribution in [0.3, 0.4) is 0 Å². The largest absolute Gasteiger partial charge is 0.353 e. The molecule has 0 bridgehead atoms. The van der Waals surface area contributed by atoms with E-state index < -0.39 is 0 Å². The monoisotopic (exact) mass is 362 g/mol. The molecular weight excluding hydrogens is 336 g/mol. The smallest absolute Gasteiger partial charge is 0.278 e. The van der Waals surface area contributed by atoms with E-state index in [-0.39, 0.29) is 17.2 Å². The zero-order chi connectivity index (χ0) is 18.0. The number of nitrogens with one attached hydrogen (secondary N) is 2. The van der Waals surface area contributed by atoms with Crippen LogP contribution in [0, 0.1) is 12.8 Å². The van der Waals surface area contributed by atoms with Crippen molar-refractivity contribution < 1.29 is 4.79 Å². The molecule has 1 fully saturated rings. The van der Waals surface area contributed by atoms with Crippen LogP contribution in [0.2, 0.25) is 0 Å². The van der Waals surface area contributed by atoms with Crippen molar-refractivity contribution in [2.24, 2.45) is 5.92 Å². The zero-order valence-electron chi connectivity index (χ0n) is 15.1. The molecule has 0 unspecified atom stereocenters. The van der Waals surface area contributed by atoms with Crippen LogP contribution in [-0.4, -0.2) is 32.2 Å². The van der Waals surface area contributed by atoms with Crippen LogP contribution >= 0.6 is 11.8 Å². The minimum Gasteiger partial charge on any atom is -0.353 e. The first-order valence-electron chi connectivity index (χ1n) is 9.00. The highest BCUT2D eigenvalue weighted by molar-refractivity contribution is 7.99. The minimum atomic E-state index is -0.0789. The molecule has 0 saturated heterocycles. The lowest BCUT2D eigenvalue weighted by Gasteiger charge is -2.26. The average molecular weight is 362 g/mol. The summed E-state index contributed by atoms with van der Waals surface area (Å²) in [4.78, 5) is 32.5. The molecule has 0 radical (unpaired) electrons. The van der Waals surface area contributed by atoms with Gasteiger partial charge in [-0.25, -0.2) is 4.98 Å². The number of hydrogen-bond acceptors (Lipinski definition) is 4. The zero-order valence-corrected chi connectivity index (χ0v) is 15.9. The van der Waals surface area contributed by atoms with Gasteiger partial charge in [0.1, 0.15) is 5.52 Å². The third-order valence-corrected chi connectivity index (χ3v) is 5.84. The highest BCUT2D eigenvalue weighted by atomic mass is 32.2. The van der Waals surface area contributed by atoms with Crippen molar-refractivity contribution in [3.8, 4) is 0 Å². The van der Waals surface area contributed by atoms with Crippen molar-refractivity contribution in [1.29, 1.82) is 0 Å². The summed E-state index contributed by atoms with van der Waals surface area (Å²) in [5.74, 6) is 1.07. The van der Waals surface area contributed by atoms with E-state index in [1.165, 1.54) is 24.6 Å². The van der Waals surface area contributed by atoms with Gasteiger partial charge in [0.05, 0.1) is 11.3 Å². The van der Waals surface area contributed by atoms with Crippen molar-refractivity contribution in [3.63, 3.8) is 0 Å². The van der Waals surface area contributed by atoms with Gasteiger partial charge in [-0.3, -0.25) is 14.2 Å². The van der Waals surface area contributed by atoms with Gasteiger partial charge >= 0.3 is 0 Å². The fourth-order valence-electron chi connectivity index (χ4n) is 3.40. The Labute approximate surface area is 151 Å². The summed E-state index contributed by atoms with van der Waals surface area (Å²) in [6.07, 6.45) is 4.48. The van der Waals surface area contributed by atoms with Crippen LogP contribution in [0.25, 0.3) is 11.0 Å². The molecule has 7 heteroatoms. The maximum absolute atomic E-state index is 12.6. The van der Waals surface area contributed by atoms with Crippen LogP contribution in [0.1, 0.15) is 45.2 Å². The van der Waals surface area contributed by atoms with Crippen molar-refractivity contribution in [3.05, 3.63) is 22.1 Å². The molecule has 25 heavy (non-hydrogen) atoms. The second-order valence-corrected chi connectivity index (χ2v) is 7.91. The Morgan fingerprint density at radius 2 is 2.12 bits per heavy atom. The first-order chi connectivity index (χ1) is 12.0. The molecule has 0 aromatic carbocycles. The van der Waals surface area contributed by atoms with Crippen LogP contribution in [0.15, 0.2) is 16.0 Å². The molecule has 2 N–H and O–H groups in total. The number of fused-ring (bicyclic) bond motifs is 1. The third-order valence-electron chi connectivity index (χ3n) is 4.87. The molecule has 6 nitrogen and oxygen atoms in total. The number of hydrogen-bond donors (Lipinski definition) is 2. The van der Waals surface area contributed by atoms with E-state index in [0.717, 1.165) is 24.5 Å². The highest BCUT2D eigenvalue weighted by Gasteiger charge is 2.20. The van der Waals surface area contributed by atoms with Crippen molar-refractivity contribution >= 4 is 28.7 Å². The third kappa shape index (κ3) is 4.08. The molecule has 1 amide bonds. The van der Waals surface area contributed by atoms with Gasteiger partial charge in [0.2, 0.25) is 5.91 Å². The molecule has 1 aliphatic carbocycles. The maximum Gasteiger partial charge on any atom is 0.278 e. The molecule has 0 spiro atoms. The number of aromatic amines is 1.